The van der Waals surface area contributed by atoms with Gasteiger partial charge in [-0.15, -0.1) is 0 Å². The molecular formula is C14H20N2O3S. The van der Waals surface area contributed by atoms with Gasteiger partial charge in [0.15, 0.2) is 9.84 Å². The van der Waals surface area contributed by atoms with Crippen molar-refractivity contribution in [2.24, 2.45) is 0 Å². The van der Waals surface area contributed by atoms with Crippen LogP contribution in [0, 0.1) is 0 Å². The van der Waals surface area contributed by atoms with Crippen LogP contribution in [-0.2, 0) is 9.84 Å². The van der Waals surface area contributed by atoms with E-state index in [2.05, 4.69) is 10.6 Å². The van der Waals surface area contributed by atoms with Gasteiger partial charge in [0, 0.05) is 12.6 Å². The van der Waals surface area contributed by atoms with E-state index in [4.69, 9.17) is 0 Å². The van der Waals surface area contributed by atoms with Crippen molar-refractivity contribution in [3.63, 3.8) is 0 Å². The van der Waals surface area contributed by atoms with Crippen molar-refractivity contribution >= 4 is 15.7 Å². The van der Waals surface area contributed by atoms with E-state index in [0.29, 0.717) is 0 Å². The molecule has 5 nitrogen and oxygen atoms in total. The van der Waals surface area contributed by atoms with Crippen LogP contribution in [0.25, 0.3) is 0 Å². The van der Waals surface area contributed by atoms with Crippen LogP contribution in [0.15, 0.2) is 29.2 Å². The average Bonchev–Trinajstić information content (AvgIpc) is 2.91. The molecule has 1 heterocycles. The van der Waals surface area contributed by atoms with Gasteiger partial charge in [0.2, 0.25) is 0 Å². The maximum absolute atomic E-state index is 12.3. The Balaban J connectivity index is 2.30. The van der Waals surface area contributed by atoms with Gasteiger partial charge in [-0.05, 0) is 38.9 Å². The third-order valence-corrected chi connectivity index (χ3v) is 5.66. The van der Waals surface area contributed by atoms with Crippen LogP contribution in [0.1, 0.15) is 30.6 Å². The second-order valence-electron chi connectivity index (χ2n) is 5.25. The first-order chi connectivity index (χ1) is 9.43. The number of benzene rings is 1. The normalized spacial score (nSPS) is 19.2. The summed E-state index contributed by atoms with van der Waals surface area (Å²) in [5, 5.41) is 5.49. The molecule has 1 aliphatic rings. The second-order valence-corrected chi connectivity index (χ2v) is 7.73. The molecule has 1 aliphatic heterocycles. The minimum Gasteiger partial charge on any atom is -0.348 e. The summed E-state index contributed by atoms with van der Waals surface area (Å²) >= 11 is 0. The van der Waals surface area contributed by atoms with Crippen molar-refractivity contribution in [3.05, 3.63) is 29.8 Å². The van der Waals surface area contributed by atoms with E-state index in [9.17, 15) is 13.2 Å². The lowest BCUT2D eigenvalue weighted by atomic mass is 10.2. The fourth-order valence-electron chi connectivity index (χ4n) is 2.20. The lowest BCUT2D eigenvalue weighted by Gasteiger charge is -2.15. The van der Waals surface area contributed by atoms with E-state index in [1.807, 2.05) is 0 Å². The van der Waals surface area contributed by atoms with Gasteiger partial charge in [-0.3, -0.25) is 4.79 Å². The summed E-state index contributed by atoms with van der Waals surface area (Å²) in [6, 6.07) is 6.45. The van der Waals surface area contributed by atoms with Gasteiger partial charge in [0.05, 0.1) is 15.7 Å². The van der Waals surface area contributed by atoms with Crippen molar-refractivity contribution in [2.75, 3.05) is 13.1 Å². The van der Waals surface area contributed by atoms with E-state index in [0.717, 1.165) is 19.5 Å². The highest BCUT2D eigenvalue weighted by molar-refractivity contribution is 7.92. The third kappa shape index (κ3) is 3.02. The monoisotopic (exact) mass is 296 g/mol. The SMILES string of the molecule is CC(C)S(=O)(=O)c1ccccc1C(=O)NC1CCNC1. The van der Waals surface area contributed by atoms with Crippen molar-refractivity contribution in [1.82, 2.24) is 10.6 Å². The van der Waals surface area contributed by atoms with Gasteiger partial charge in [-0.2, -0.15) is 0 Å². The maximum atomic E-state index is 12.3. The molecule has 2 rings (SSSR count). The molecule has 1 saturated heterocycles. The Morgan fingerprint density at radius 2 is 2.05 bits per heavy atom. The fourth-order valence-corrected chi connectivity index (χ4v) is 3.44. The molecule has 6 heteroatoms. The van der Waals surface area contributed by atoms with Gasteiger partial charge >= 0.3 is 0 Å². The molecule has 1 unspecified atom stereocenters. The standard InChI is InChI=1S/C14H20N2O3S/c1-10(2)20(18,19)13-6-4-3-5-12(13)14(17)16-11-7-8-15-9-11/h3-6,10-11,15H,7-9H2,1-2H3,(H,16,17). The Hall–Kier alpha value is -1.40. The average molecular weight is 296 g/mol. The smallest absolute Gasteiger partial charge is 0.252 e. The molecule has 20 heavy (non-hydrogen) atoms. The molecule has 0 aromatic heterocycles. The number of sulfone groups is 1. The molecule has 0 aliphatic carbocycles. The predicted octanol–water partition coefficient (Wildman–Crippen LogP) is 0.960. The molecule has 0 saturated carbocycles. The van der Waals surface area contributed by atoms with Crippen LogP contribution < -0.4 is 10.6 Å². The Morgan fingerprint density at radius 3 is 2.65 bits per heavy atom. The molecule has 0 bridgehead atoms. The fraction of sp³-hybridized carbons (Fsp3) is 0.500. The lowest BCUT2D eigenvalue weighted by Crippen LogP contribution is -2.37. The number of hydrogen-bond acceptors (Lipinski definition) is 4. The van der Waals surface area contributed by atoms with E-state index in [1.165, 1.54) is 6.07 Å². The Labute approximate surface area is 119 Å². The van der Waals surface area contributed by atoms with Gasteiger partial charge in [-0.1, -0.05) is 12.1 Å². The molecule has 1 aromatic rings. The van der Waals surface area contributed by atoms with Crippen molar-refractivity contribution in [1.29, 1.82) is 0 Å². The zero-order valence-electron chi connectivity index (χ0n) is 11.7. The van der Waals surface area contributed by atoms with Crippen molar-refractivity contribution in [2.45, 2.75) is 36.5 Å². The predicted molar refractivity (Wildman–Crippen MR) is 77.5 cm³/mol. The van der Waals surface area contributed by atoms with Crippen LogP contribution >= 0.6 is 0 Å². The van der Waals surface area contributed by atoms with Crippen LogP contribution in [0.2, 0.25) is 0 Å². The zero-order valence-corrected chi connectivity index (χ0v) is 12.5. The molecular weight excluding hydrogens is 276 g/mol. The quantitative estimate of drug-likeness (QED) is 0.868. The van der Waals surface area contributed by atoms with Crippen molar-refractivity contribution < 1.29 is 13.2 Å². The topological polar surface area (TPSA) is 75.3 Å². The van der Waals surface area contributed by atoms with Gasteiger partial charge in [0.25, 0.3) is 5.91 Å². The summed E-state index contributed by atoms with van der Waals surface area (Å²) in [6.07, 6.45) is 0.866. The number of rotatable bonds is 4. The van der Waals surface area contributed by atoms with Gasteiger partial charge in [-0.25, -0.2) is 8.42 Å². The summed E-state index contributed by atoms with van der Waals surface area (Å²) < 4.78 is 24.6. The first-order valence-corrected chi connectivity index (χ1v) is 8.32. The minimum absolute atomic E-state index is 0.0670. The van der Waals surface area contributed by atoms with E-state index in [-0.39, 0.29) is 22.4 Å². The molecule has 110 valence electrons. The van der Waals surface area contributed by atoms with Crippen LogP contribution in [0.4, 0.5) is 0 Å². The summed E-state index contributed by atoms with van der Waals surface area (Å²) in [4.78, 5) is 12.4. The Bertz CT molecular complexity index is 590. The first kappa shape index (κ1) is 15.0. The summed E-state index contributed by atoms with van der Waals surface area (Å²) in [5.41, 5.74) is 0.230. The minimum atomic E-state index is -3.46. The third-order valence-electron chi connectivity index (χ3n) is 3.45. The number of amides is 1. The highest BCUT2D eigenvalue weighted by atomic mass is 32.2. The van der Waals surface area contributed by atoms with Crippen molar-refractivity contribution in [3.8, 4) is 0 Å². The lowest BCUT2D eigenvalue weighted by molar-refractivity contribution is 0.0936. The van der Waals surface area contributed by atoms with Gasteiger partial charge < -0.3 is 10.6 Å². The second kappa shape index (κ2) is 5.93. The number of hydrogen-bond donors (Lipinski definition) is 2. The van der Waals surface area contributed by atoms with E-state index < -0.39 is 15.1 Å². The molecule has 1 atom stereocenters. The van der Waals surface area contributed by atoms with Crippen LogP contribution in [0.3, 0.4) is 0 Å². The number of carbonyl (C=O) groups is 1. The molecule has 1 amide bonds. The Morgan fingerprint density at radius 1 is 1.35 bits per heavy atom. The van der Waals surface area contributed by atoms with Gasteiger partial charge in [0.1, 0.15) is 0 Å². The largest absolute Gasteiger partial charge is 0.348 e. The van der Waals surface area contributed by atoms with E-state index in [1.54, 1.807) is 32.0 Å². The van der Waals surface area contributed by atoms with Crippen LogP contribution in [0.5, 0.6) is 0 Å². The molecule has 0 radical (unpaired) electrons. The Kier molecular flexibility index (Phi) is 4.45. The maximum Gasteiger partial charge on any atom is 0.252 e. The highest BCUT2D eigenvalue weighted by Gasteiger charge is 2.26. The van der Waals surface area contributed by atoms with E-state index >= 15 is 0 Å². The summed E-state index contributed by atoms with van der Waals surface area (Å²) in [5.74, 6) is -0.321. The zero-order chi connectivity index (χ0) is 14.8. The molecule has 1 fully saturated rings. The number of nitrogens with one attached hydrogen (secondary N) is 2. The highest BCUT2D eigenvalue weighted by Crippen LogP contribution is 2.20. The molecule has 1 aromatic carbocycles. The first-order valence-electron chi connectivity index (χ1n) is 6.77. The molecule has 0 spiro atoms. The molecule has 2 N–H and O–H groups in total. The number of carbonyl (C=O) groups excluding carboxylic acids is 1. The summed E-state index contributed by atoms with van der Waals surface area (Å²) in [7, 11) is -3.46. The summed E-state index contributed by atoms with van der Waals surface area (Å²) in [6.45, 7) is 4.83. The van der Waals surface area contributed by atoms with Crippen LogP contribution in [-0.4, -0.2) is 38.7 Å².